The summed E-state index contributed by atoms with van der Waals surface area (Å²) in [7, 11) is 1.70. The van der Waals surface area contributed by atoms with Gasteiger partial charge in [0, 0.05) is 13.3 Å². The highest BCUT2D eigenvalue weighted by molar-refractivity contribution is 7.13. The molecular weight excluding hydrogens is 186 g/mol. The maximum absolute atomic E-state index is 10.4. The van der Waals surface area contributed by atoms with Crippen molar-refractivity contribution in [3.05, 3.63) is 16.1 Å². The molecule has 1 fully saturated rings. The van der Waals surface area contributed by atoms with Gasteiger partial charge in [0.1, 0.15) is 11.1 Å². The first-order chi connectivity index (χ1) is 6.35. The Bertz CT molecular complexity index is 306. The average Bonchev–Trinajstić information content (AvgIpc) is 2.85. The van der Waals surface area contributed by atoms with E-state index < -0.39 is 0 Å². The molecule has 0 aliphatic heterocycles. The summed E-state index contributed by atoms with van der Waals surface area (Å²) in [5.74, 6) is 0.621. The highest BCUT2D eigenvalue weighted by Crippen LogP contribution is 2.43. The number of aldehydes is 1. The monoisotopic (exact) mass is 197 g/mol. The van der Waals surface area contributed by atoms with Crippen molar-refractivity contribution in [3.8, 4) is 0 Å². The molecule has 13 heavy (non-hydrogen) atoms. The standard InChI is InChI=1S/C9H11NO2S/c1-12-8(6-2-3-6)9-10-4-7(5-11)13-9/h4-6,8H,2-3H2,1H3. The zero-order chi connectivity index (χ0) is 9.26. The molecule has 0 amide bonds. The molecule has 2 rings (SSSR count). The Morgan fingerprint density at radius 3 is 3.00 bits per heavy atom. The fraction of sp³-hybridized carbons (Fsp3) is 0.556. The Labute approximate surface area is 80.8 Å². The predicted molar refractivity (Wildman–Crippen MR) is 50.0 cm³/mol. The molecule has 0 radical (unpaired) electrons. The Morgan fingerprint density at radius 2 is 2.54 bits per heavy atom. The number of methoxy groups -OCH3 is 1. The Morgan fingerprint density at radius 1 is 1.77 bits per heavy atom. The fourth-order valence-corrected chi connectivity index (χ4v) is 2.29. The van der Waals surface area contributed by atoms with Crippen molar-refractivity contribution in [2.75, 3.05) is 7.11 Å². The summed E-state index contributed by atoms with van der Waals surface area (Å²) in [6.07, 6.45) is 4.99. The number of carbonyl (C=O) groups excluding carboxylic acids is 1. The molecule has 70 valence electrons. The zero-order valence-corrected chi connectivity index (χ0v) is 8.21. The second kappa shape index (κ2) is 3.55. The van der Waals surface area contributed by atoms with Gasteiger partial charge in [-0.2, -0.15) is 0 Å². The smallest absolute Gasteiger partial charge is 0.161 e. The number of hydrogen-bond acceptors (Lipinski definition) is 4. The molecule has 0 N–H and O–H groups in total. The van der Waals surface area contributed by atoms with Crippen LogP contribution < -0.4 is 0 Å². The van der Waals surface area contributed by atoms with E-state index in [1.807, 2.05) is 0 Å². The molecule has 1 aromatic heterocycles. The lowest BCUT2D eigenvalue weighted by atomic mass is 10.2. The lowest BCUT2D eigenvalue weighted by Gasteiger charge is -2.09. The van der Waals surface area contributed by atoms with Crippen LogP contribution in [-0.4, -0.2) is 18.4 Å². The van der Waals surface area contributed by atoms with Crippen molar-refractivity contribution in [1.29, 1.82) is 0 Å². The number of rotatable bonds is 4. The Kier molecular flexibility index (Phi) is 2.42. The highest BCUT2D eigenvalue weighted by atomic mass is 32.1. The molecule has 4 heteroatoms. The van der Waals surface area contributed by atoms with Crippen LogP contribution in [0.5, 0.6) is 0 Å². The summed E-state index contributed by atoms with van der Waals surface area (Å²) in [4.78, 5) is 15.3. The molecule has 1 aliphatic rings. The average molecular weight is 197 g/mol. The van der Waals surface area contributed by atoms with Crippen molar-refractivity contribution in [2.24, 2.45) is 5.92 Å². The summed E-state index contributed by atoms with van der Waals surface area (Å²) in [5, 5.41) is 0.937. The van der Waals surface area contributed by atoms with Crippen LogP contribution in [-0.2, 0) is 4.74 Å². The van der Waals surface area contributed by atoms with E-state index >= 15 is 0 Å². The highest BCUT2D eigenvalue weighted by Gasteiger charge is 2.34. The second-order valence-electron chi connectivity index (χ2n) is 3.21. The summed E-state index contributed by atoms with van der Waals surface area (Å²) in [5.41, 5.74) is 0. The number of carbonyl (C=O) groups is 1. The van der Waals surface area contributed by atoms with Gasteiger partial charge in [0.15, 0.2) is 6.29 Å². The van der Waals surface area contributed by atoms with Gasteiger partial charge in [-0.1, -0.05) is 0 Å². The van der Waals surface area contributed by atoms with Crippen LogP contribution in [0, 0.1) is 5.92 Å². The van der Waals surface area contributed by atoms with Crippen LogP contribution >= 0.6 is 11.3 Å². The SMILES string of the molecule is COC(c1ncc(C=O)s1)C1CC1. The Hall–Kier alpha value is -0.740. The number of nitrogens with zero attached hydrogens (tertiary/aromatic N) is 1. The Balaban J connectivity index is 2.16. The number of hydrogen-bond donors (Lipinski definition) is 0. The van der Waals surface area contributed by atoms with Gasteiger partial charge in [-0.3, -0.25) is 4.79 Å². The maximum atomic E-state index is 10.4. The predicted octanol–water partition coefficient (Wildman–Crippen LogP) is 2.05. The molecule has 1 unspecified atom stereocenters. The molecule has 0 aromatic carbocycles. The van der Waals surface area contributed by atoms with E-state index in [0.29, 0.717) is 10.8 Å². The minimum atomic E-state index is 0.110. The molecule has 1 aromatic rings. The third kappa shape index (κ3) is 1.78. The number of ether oxygens (including phenoxy) is 1. The van der Waals surface area contributed by atoms with Gasteiger partial charge in [-0.25, -0.2) is 4.98 Å². The molecule has 1 saturated carbocycles. The van der Waals surface area contributed by atoms with Crippen molar-refractivity contribution in [1.82, 2.24) is 4.98 Å². The van der Waals surface area contributed by atoms with Crippen LogP contribution in [0.4, 0.5) is 0 Å². The summed E-state index contributed by atoms with van der Waals surface area (Å²) >= 11 is 1.43. The second-order valence-corrected chi connectivity index (χ2v) is 4.31. The van der Waals surface area contributed by atoms with Crippen LogP contribution in [0.25, 0.3) is 0 Å². The zero-order valence-electron chi connectivity index (χ0n) is 7.40. The van der Waals surface area contributed by atoms with E-state index in [0.717, 1.165) is 11.3 Å². The normalized spacial score (nSPS) is 18.5. The lowest BCUT2D eigenvalue weighted by Crippen LogP contribution is -2.02. The maximum Gasteiger partial charge on any atom is 0.161 e. The molecule has 0 saturated heterocycles. The molecule has 0 spiro atoms. The number of thiazole rings is 1. The van der Waals surface area contributed by atoms with Crippen molar-refractivity contribution in [3.63, 3.8) is 0 Å². The first-order valence-corrected chi connectivity index (χ1v) is 5.10. The van der Waals surface area contributed by atoms with E-state index in [1.165, 1.54) is 24.2 Å². The van der Waals surface area contributed by atoms with Crippen LogP contribution in [0.3, 0.4) is 0 Å². The largest absolute Gasteiger partial charge is 0.374 e. The van der Waals surface area contributed by atoms with Gasteiger partial charge in [-0.05, 0) is 18.8 Å². The minimum absolute atomic E-state index is 0.110. The minimum Gasteiger partial charge on any atom is -0.374 e. The van der Waals surface area contributed by atoms with E-state index in [1.54, 1.807) is 13.3 Å². The van der Waals surface area contributed by atoms with E-state index in [9.17, 15) is 4.79 Å². The quantitative estimate of drug-likeness (QED) is 0.693. The first kappa shape index (κ1) is 8.84. The van der Waals surface area contributed by atoms with Gasteiger partial charge in [0.05, 0.1) is 4.88 Å². The number of aromatic nitrogens is 1. The molecule has 1 aliphatic carbocycles. The topological polar surface area (TPSA) is 39.2 Å². The third-order valence-electron chi connectivity index (χ3n) is 2.21. The van der Waals surface area contributed by atoms with E-state index in [-0.39, 0.29) is 6.10 Å². The van der Waals surface area contributed by atoms with Gasteiger partial charge < -0.3 is 4.74 Å². The molecule has 1 heterocycles. The van der Waals surface area contributed by atoms with Gasteiger partial charge in [-0.15, -0.1) is 11.3 Å². The molecule has 1 atom stereocenters. The van der Waals surface area contributed by atoms with Crippen molar-refractivity contribution < 1.29 is 9.53 Å². The van der Waals surface area contributed by atoms with Crippen LogP contribution in [0.1, 0.15) is 33.6 Å². The van der Waals surface area contributed by atoms with E-state index in [2.05, 4.69) is 4.98 Å². The lowest BCUT2D eigenvalue weighted by molar-refractivity contribution is 0.0844. The van der Waals surface area contributed by atoms with Gasteiger partial charge in [0.2, 0.25) is 0 Å². The van der Waals surface area contributed by atoms with Crippen LogP contribution in [0.15, 0.2) is 6.20 Å². The molecule has 3 nitrogen and oxygen atoms in total. The summed E-state index contributed by atoms with van der Waals surface area (Å²) < 4.78 is 5.35. The van der Waals surface area contributed by atoms with Crippen molar-refractivity contribution >= 4 is 17.6 Å². The van der Waals surface area contributed by atoms with E-state index in [4.69, 9.17) is 4.74 Å². The van der Waals surface area contributed by atoms with Crippen molar-refractivity contribution in [2.45, 2.75) is 18.9 Å². The van der Waals surface area contributed by atoms with Crippen LogP contribution in [0.2, 0.25) is 0 Å². The molecular formula is C9H11NO2S. The molecule has 0 bridgehead atoms. The third-order valence-corrected chi connectivity index (χ3v) is 3.19. The fourth-order valence-electron chi connectivity index (χ4n) is 1.38. The summed E-state index contributed by atoms with van der Waals surface area (Å²) in [6, 6.07) is 0. The summed E-state index contributed by atoms with van der Waals surface area (Å²) in [6.45, 7) is 0. The van der Waals surface area contributed by atoms with Gasteiger partial charge in [0.25, 0.3) is 0 Å². The van der Waals surface area contributed by atoms with Gasteiger partial charge >= 0.3 is 0 Å². The first-order valence-electron chi connectivity index (χ1n) is 4.29.